The number of thioether (sulfide) groups is 1. The predicted octanol–water partition coefficient (Wildman–Crippen LogP) is 5.56. The lowest BCUT2D eigenvalue weighted by Gasteiger charge is -2.07. The zero-order valence-corrected chi connectivity index (χ0v) is 18.4. The number of hydrogen-bond donors (Lipinski definition) is 3. The Morgan fingerprint density at radius 3 is 2.37 bits per heavy atom. The number of anilines is 2. The summed E-state index contributed by atoms with van der Waals surface area (Å²) in [7, 11) is 0. The number of imidazole rings is 1. The Hall–Kier alpha value is -2.88. The maximum Gasteiger partial charge on any atom is 0.234 e. The molecule has 0 radical (unpaired) electrons. The van der Waals surface area contributed by atoms with Gasteiger partial charge in [0.2, 0.25) is 11.8 Å². The average molecular weight is 455 g/mol. The quantitative estimate of drug-likeness (QED) is 0.319. The van der Waals surface area contributed by atoms with Crippen molar-refractivity contribution in [1.82, 2.24) is 9.97 Å². The van der Waals surface area contributed by atoms with E-state index in [4.69, 9.17) is 4.98 Å². The Morgan fingerprint density at radius 2 is 1.70 bits per heavy atom. The number of carbonyl (C=O) groups excluding carboxylic acids is 2. The van der Waals surface area contributed by atoms with E-state index in [9.17, 15) is 9.59 Å². The number of benzene rings is 1. The molecule has 3 N–H and O–H groups in total. The van der Waals surface area contributed by atoms with E-state index in [1.54, 1.807) is 46.9 Å². The molecular weight excluding hydrogens is 436 g/mol. The fraction of sp³-hybridized carbons (Fsp3) is 0.0952. The predicted molar refractivity (Wildman–Crippen MR) is 125 cm³/mol. The normalized spacial score (nSPS) is 10.7. The summed E-state index contributed by atoms with van der Waals surface area (Å²) >= 11 is 4.64. The number of hydrogen-bond acceptors (Lipinski definition) is 6. The van der Waals surface area contributed by atoms with Crippen molar-refractivity contribution < 1.29 is 9.59 Å². The molecular formula is C21H18N4O2S3. The molecule has 0 saturated carbocycles. The minimum Gasteiger partial charge on any atom is -0.332 e. The monoisotopic (exact) mass is 454 g/mol. The Labute approximate surface area is 185 Å². The van der Waals surface area contributed by atoms with Crippen LogP contribution in [0.5, 0.6) is 0 Å². The van der Waals surface area contributed by atoms with Crippen molar-refractivity contribution >= 4 is 57.6 Å². The number of amides is 2. The van der Waals surface area contributed by atoms with Gasteiger partial charge in [-0.2, -0.15) is 0 Å². The molecule has 0 bridgehead atoms. The van der Waals surface area contributed by atoms with Gasteiger partial charge in [0.1, 0.15) is 5.69 Å². The van der Waals surface area contributed by atoms with E-state index >= 15 is 0 Å². The fourth-order valence-electron chi connectivity index (χ4n) is 2.82. The number of H-pyrrole nitrogens is 1. The van der Waals surface area contributed by atoms with Crippen LogP contribution in [-0.4, -0.2) is 27.5 Å². The van der Waals surface area contributed by atoms with Gasteiger partial charge in [-0.05, 0) is 41.1 Å². The van der Waals surface area contributed by atoms with Gasteiger partial charge in [-0.15, -0.1) is 22.7 Å². The molecule has 0 unspecified atom stereocenters. The number of carbonyl (C=O) groups is 2. The lowest BCUT2D eigenvalue weighted by Crippen LogP contribution is -2.14. The van der Waals surface area contributed by atoms with Crippen LogP contribution in [0.3, 0.4) is 0 Å². The number of nitrogens with one attached hydrogen (secondary N) is 3. The lowest BCUT2D eigenvalue weighted by molar-refractivity contribution is -0.114. The number of rotatable bonds is 7. The minimum atomic E-state index is -0.157. The summed E-state index contributed by atoms with van der Waals surface area (Å²) in [6.07, 6.45) is 0. The maximum atomic E-state index is 12.4. The summed E-state index contributed by atoms with van der Waals surface area (Å²) in [5, 5.41) is 10.3. The molecule has 0 atom stereocenters. The third-order valence-electron chi connectivity index (χ3n) is 4.01. The van der Waals surface area contributed by atoms with E-state index in [1.807, 2.05) is 29.0 Å². The van der Waals surface area contributed by atoms with E-state index in [2.05, 4.69) is 21.7 Å². The molecule has 30 heavy (non-hydrogen) atoms. The highest BCUT2D eigenvalue weighted by Gasteiger charge is 2.17. The highest BCUT2D eigenvalue weighted by atomic mass is 32.2. The third kappa shape index (κ3) is 4.99. The van der Waals surface area contributed by atoms with Crippen molar-refractivity contribution in [1.29, 1.82) is 0 Å². The van der Waals surface area contributed by atoms with Gasteiger partial charge in [0.25, 0.3) is 0 Å². The highest BCUT2D eigenvalue weighted by molar-refractivity contribution is 7.99. The van der Waals surface area contributed by atoms with Crippen LogP contribution in [0.15, 0.2) is 64.4 Å². The van der Waals surface area contributed by atoms with Crippen molar-refractivity contribution in [3.63, 3.8) is 0 Å². The van der Waals surface area contributed by atoms with Crippen molar-refractivity contribution in [3.8, 4) is 21.1 Å². The standard InChI is InChI=1S/C21H18N4O2S3/c1-13(26)22-14-5-2-6-15(11-14)23-18(27)12-30-21-24-19(16-7-3-9-28-16)20(25-21)17-8-4-10-29-17/h2-11H,12H2,1H3,(H,22,26)(H,23,27)(H,24,25). The highest BCUT2D eigenvalue weighted by Crippen LogP contribution is 2.36. The molecule has 0 fully saturated rings. The zero-order valence-electron chi connectivity index (χ0n) is 16.0. The SMILES string of the molecule is CC(=O)Nc1cccc(NC(=O)CSc2nc(-c3cccs3)c(-c3cccs3)[nH]2)c1. The van der Waals surface area contributed by atoms with Gasteiger partial charge in [-0.25, -0.2) is 4.98 Å². The van der Waals surface area contributed by atoms with Crippen LogP contribution in [0.25, 0.3) is 21.1 Å². The summed E-state index contributed by atoms with van der Waals surface area (Å²) in [4.78, 5) is 33.9. The molecule has 2 amide bonds. The van der Waals surface area contributed by atoms with Gasteiger partial charge in [0, 0.05) is 18.3 Å². The molecule has 0 aliphatic rings. The first-order valence-corrected chi connectivity index (χ1v) is 11.8. The van der Waals surface area contributed by atoms with E-state index < -0.39 is 0 Å². The first-order chi connectivity index (χ1) is 14.6. The Balaban J connectivity index is 1.44. The van der Waals surface area contributed by atoms with E-state index in [1.165, 1.54) is 18.7 Å². The second kappa shape index (κ2) is 9.29. The number of aromatic amines is 1. The van der Waals surface area contributed by atoms with E-state index in [0.29, 0.717) is 16.5 Å². The van der Waals surface area contributed by atoms with Crippen LogP contribution >= 0.6 is 34.4 Å². The topological polar surface area (TPSA) is 86.9 Å². The van der Waals surface area contributed by atoms with Crippen LogP contribution in [0.1, 0.15) is 6.92 Å². The van der Waals surface area contributed by atoms with Crippen molar-refractivity contribution in [3.05, 3.63) is 59.3 Å². The molecule has 0 spiro atoms. The van der Waals surface area contributed by atoms with Crippen LogP contribution in [0.4, 0.5) is 11.4 Å². The first kappa shape index (κ1) is 20.4. The average Bonchev–Trinajstić information content (AvgIpc) is 3.46. The van der Waals surface area contributed by atoms with Crippen molar-refractivity contribution in [2.75, 3.05) is 16.4 Å². The Morgan fingerprint density at radius 1 is 1.00 bits per heavy atom. The van der Waals surface area contributed by atoms with Gasteiger partial charge >= 0.3 is 0 Å². The molecule has 9 heteroatoms. The third-order valence-corrected chi connectivity index (χ3v) is 6.65. The maximum absolute atomic E-state index is 12.4. The molecule has 1 aromatic carbocycles. The van der Waals surface area contributed by atoms with E-state index in [-0.39, 0.29) is 17.6 Å². The second-order valence-corrected chi connectivity index (χ2v) is 9.18. The van der Waals surface area contributed by atoms with Gasteiger partial charge in [-0.1, -0.05) is 30.0 Å². The summed E-state index contributed by atoms with van der Waals surface area (Å²) < 4.78 is 0. The summed E-state index contributed by atoms with van der Waals surface area (Å²) in [5.41, 5.74) is 3.14. The Bertz CT molecular complexity index is 1100. The molecule has 0 aliphatic carbocycles. The number of nitrogens with zero attached hydrogens (tertiary/aromatic N) is 1. The summed E-state index contributed by atoms with van der Waals surface area (Å²) in [6.45, 7) is 1.44. The second-order valence-electron chi connectivity index (χ2n) is 6.32. The molecule has 0 aliphatic heterocycles. The van der Waals surface area contributed by atoms with Crippen molar-refractivity contribution in [2.45, 2.75) is 12.1 Å². The molecule has 3 heterocycles. The molecule has 152 valence electrons. The first-order valence-electron chi connectivity index (χ1n) is 9.06. The molecule has 4 aromatic rings. The summed E-state index contributed by atoms with van der Waals surface area (Å²) in [6, 6.07) is 15.2. The van der Waals surface area contributed by atoms with E-state index in [0.717, 1.165) is 21.1 Å². The molecule has 0 saturated heterocycles. The van der Waals surface area contributed by atoms with Gasteiger partial charge in [-0.3, -0.25) is 9.59 Å². The van der Waals surface area contributed by atoms with Crippen LogP contribution in [-0.2, 0) is 9.59 Å². The minimum absolute atomic E-state index is 0.147. The molecule has 6 nitrogen and oxygen atoms in total. The molecule has 4 rings (SSSR count). The Kier molecular flexibility index (Phi) is 6.32. The lowest BCUT2D eigenvalue weighted by atomic mass is 10.2. The van der Waals surface area contributed by atoms with Crippen molar-refractivity contribution in [2.24, 2.45) is 0 Å². The largest absolute Gasteiger partial charge is 0.332 e. The van der Waals surface area contributed by atoms with Crippen LogP contribution in [0.2, 0.25) is 0 Å². The molecule has 3 aromatic heterocycles. The fourth-order valence-corrected chi connectivity index (χ4v) is 4.94. The van der Waals surface area contributed by atoms with Crippen LogP contribution < -0.4 is 10.6 Å². The zero-order chi connectivity index (χ0) is 20.9. The van der Waals surface area contributed by atoms with Gasteiger partial charge in [0.15, 0.2) is 5.16 Å². The van der Waals surface area contributed by atoms with Gasteiger partial charge in [0.05, 0.1) is 21.2 Å². The smallest absolute Gasteiger partial charge is 0.234 e. The van der Waals surface area contributed by atoms with Gasteiger partial charge < -0.3 is 15.6 Å². The number of thiophene rings is 2. The summed E-state index contributed by atoms with van der Waals surface area (Å²) in [5.74, 6) is -0.0901. The van der Waals surface area contributed by atoms with Crippen LogP contribution in [0, 0.1) is 0 Å². The number of aromatic nitrogens is 2.